The fourth-order valence-electron chi connectivity index (χ4n) is 2.10. The lowest BCUT2D eigenvalue weighted by molar-refractivity contribution is 0.0979. The molecule has 3 nitrogen and oxygen atoms in total. The molecule has 0 aliphatic heterocycles. The van der Waals surface area contributed by atoms with Crippen molar-refractivity contribution in [2.75, 3.05) is 32.8 Å². The van der Waals surface area contributed by atoms with Gasteiger partial charge in [0, 0.05) is 35.2 Å². The smallest absolute Gasteiger partial charge is 0.0593 e. The third-order valence-electron chi connectivity index (χ3n) is 3.12. The van der Waals surface area contributed by atoms with Crippen molar-refractivity contribution in [3.05, 3.63) is 33.3 Å². The van der Waals surface area contributed by atoms with E-state index in [9.17, 15) is 0 Å². The summed E-state index contributed by atoms with van der Waals surface area (Å²) < 4.78 is 6.44. The summed E-state index contributed by atoms with van der Waals surface area (Å²) in [7, 11) is 0. The maximum Gasteiger partial charge on any atom is 0.0593 e. The quantitative estimate of drug-likeness (QED) is 0.730. The van der Waals surface area contributed by atoms with Crippen molar-refractivity contribution in [2.24, 2.45) is 5.73 Å². The highest BCUT2D eigenvalue weighted by Crippen LogP contribution is 2.29. The number of likely N-dealkylation sites (N-methyl/N-ethyl adjacent to an activating group) is 1. The molecule has 0 radical (unpaired) electrons. The number of hydrogen-bond acceptors (Lipinski definition) is 3. The standard InChI is InChI=1S/C14H22BrClN2O/c1-3-18(7-8-19-4-2)14(10-17)12-6-5-11(16)9-13(12)15/h5-6,9,14H,3-4,7-8,10,17H2,1-2H3. The fraction of sp³-hybridized carbons (Fsp3) is 0.571. The summed E-state index contributed by atoms with van der Waals surface area (Å²) in [5, 5.41) is 0.726. The number of rotatable bonds is 8. The summed E-state index contributed by atoms with van der Waals surface area (Å²) in [5.41, 5.74) is 7.13. The topological polar surface area (TPSA) is 38.5 Å². The highest BCUT2D eigenvalue weighted by atomic mass is 79.9. The molecule has 1 aromatic rings. The molecule has 1 atom stereocenters. The number of nitrogens with zero attached hydrogens (tertiary/aromatic N) is 1. The molecule has 0 saturated heterocycles. The van der Waals surface area contributed by atoms with E-state index >= 15 is 0 Å². The molecule has 5 heteroatoms. The Bertz CT molecular complexity index is 390. The van der Waals surface area contributed by atoms with Gasteiger partial charge < -0.3 is 10.5 Å². The van der Waals surface area contributed by atoms with Gasteiger partial charge in [-0.2, -0.15) is 0 Å². The summed E-state index contributed by atoms with van der Waals surface area (Å²) in [6, 6.07) is 6.03. The van der Waals surface area contributed by atoms with Crippen LogP contribution in [0, 0.1) is 0 Å². The number of hydrogen-bond donors (Lipinski definition) is 1. The minimum absolute atomic E-state index is 0.178. The Hall–Kier alpha value is -0.130. The maximum atomic E-state index is 5.99. The van der Waals surface area contributed by atoms with E-state index in [4.69, 9.17) is 22.1 Å². The van der Waals surface area contributed by atoms with Crippen LogP contribution in [-0.4, -0.2) is 37.7 Å². The molecule has 19 heavy (non-hydrogen) atoms. The van der Waals surface area contributed by atoms with Gasteiger partial charge in [-0.05, 0) is 31.2 Å². The van der Waals surface area contributed by atoms with E-state index in [2.05, 4.69) is 27.8 Å². The monoisotopic (exact) mass is 348 g/mol. The van der Waals surface area contributed by atoms with Crippen molar-refractivity contribution in [2.45, 2.75) is 19.9 Å². The van der Waals surface area contributed by atoms with Gasteiger partial charge >= 0.3 is 0 Å². The van der Waals surface area contributed by atoms with Crippen LogP contribution in [0.15, 0.2) is 22.7 Å². The molecule has 108 valence electrons. The van der Waals surface area contributed by atoms with Crippen LogP contribution >= 0.6 is 27.5 Å². The van der Waals surface area contributed by atoms with Crippen LogP contribution in [0.1, 0.15) is 25.5 Å². The Morgan fingerprint density at radius 1 is 1.42 bits per heavy atom. The van der Waals surface area contributed by atoms with Crippen LogP contribution in [0.4, 0.5) is 0 Å². The summed E-state index contributed by atoms with van der Waals surface area (Å²) >= 11 is 9.56. The second-order valence-electron chi connectivity index (χ2n) is 4.24. The zero-order chi connectivity index (χ0) is 14.3. The molecule has 0 aliphatic rings. The van der Waals surface area contributed by atoms with Gasteiger partial charge in [-0.25, -0.2) is 0 Å². The molecule has 1 aromatic carbocycles. The molecule has 0 saturated carbocycles. The molecule has 1 rings (SSSR count). The van der Waals surface area contributed by atoms with E-state index in [1.54, 1.807) is 0 Å². The average Bonchev–Trinajstić information content (AvgIpc) is 2.39. The Balaban J connectivity index is 2.84. The Labute approximate surface area is 129 Å². The lowest BCUT2D eigenvalue weighted by Gasteiger charge is -2.30. The van der Waals surface area contributed by atoms with Crippen molar-refractivity contribution in [3.63, 3.8) is 0 Å². The highest BCUT2D eigenvalue weighted by Gasteiger charge is 2.19. The van der Waals surface area contributed by atoms with Gasteiger partial charge in [0.15, 0.2) is 0 Å². The third kappa shape index (κ3) is 5.04. The third-order valence-corrected chi connectivity index (χ3v) is 4.04. The van der Waals surface area contributed by atoms with Crippen LogP contribution in [0.25, 0.3) is 0 Å². The second-order valence-corrected chi connectivity index (χ2v) is 5.53. The van der Waals surface area contributed by atoms with Crippen molar-refractivity contribution < 1.29 is 4.74 Å². The molecule has 0 heterocycles. The van der Waals surface area contributed by atoms with Crippen molar-refractivity contribution in [3.8, 4) is 0 Å². The van der Waals surface area contributed by atoms with Crippen LogP contribution in [0.3, 0.4) is 0 Å². The zero-order valence-electron chi connectivity index (χ0n) is 11.5. The van der Waals surface area contributed by atoms with Crippen LogP contribution in [0.5, 0.6) is 0 Å². The van der Waals surface area contributed by atoms with E-state index in [1.165, 1.54) is 5.56 Å². The van der Waals surface area contributed by atoms with Gasteiger partial charge in [-0.3, -0.25) is 4.90 Å². The number of ether oxygens (including phenoxy) is 1. The number of benzene rings is 1. The minimum atomic E-state index is 0.178. The minimum Gasteiger partial charge on any atom is -0.380 e. The zero-order valence-corrected chi connectivity index (χ0v) is 13.9. The van der Waals surface area contributed by atoms with E-state index in [0.717, 1.165) is 35.8 Å². The normalized spacial score (nSPS) is 12.9. The van der Waals surface area contributed by atoms with E-state index < -0.39 is 0 Å². The van der Waals surface area contributed by atoms with Gasteiger partial charge in [0.2, 0.25) is 0 Å². The molecule has 0 bridgehead atoms. The molecule has 0 aromatic heterocycles. The first-order valence-corrected chi connectivity index (χ1v) is 7.77. The van der Waals surface area contributed by atoms with Crippen LogP contribution in [0.2, 0.25) is 5.02 Å². The first-order valence-electron chi connectivity index (χ1n) is 6.60. The number of halogens is 2. The fourth-order valence-corrected chi connectivity index (χ4v) is 3.05. The van der Waals surface area contributed by atoms with E-state index in [-0.39, 0.29) is 6.04 Å². The summed E-state index contributed by atoms with van der Waals surface area (Å²) in [4.78, 5) is 2.32. The molecule has 0 aliphatic carbocycles. The predicted molar refractivity (Wildman–Crippen MR) is 84.7 cm³/mol. The molecular weight excluding hydrogens is 328 g/mol. The Morgan fingerprint density at radius 3 is 2.68 bits per heavy atom. The Morgan fingerprint density at radius 2 is 2.16 bits per heavy atom. The molecule has 0 spiro atoms. The lowest BCUT2D eigenvalue weighted by Crippen LogP contribution is -2.36. The summed E-state index contributed by atoms with van der Waals surface area (Å²) in [6.07, 6.45) is 0. The summed E-state index contributed by atoms with van der Waals surface area (Å²) in [5.74, 6) is 0. The summed E-state index contributed by atoms with van der Waals surface area (Å²) in [6.45, 7) is 8.00. The van der Waals surface area contributed by atoms with Gasteiger partial charge in [-0.1, -0.05) is 40.5 Å². The molecular formula is C14H22BrClN2O. The van der Waals surface area contributed by atoms with Gasteiger partial charge in [0.25, 0.3) is 0 Å². The van der Waals surface area contributed by atoms with Crippen molar-refractivity contribution >= 4 is 27.5 Å². The van der Waals surface area contributed by atoms with Gasteiger partial charge in [-0.15, -0.1) is 0 Å². The first-order chi connectivity index (χ1) is 9.13. The SMILES string of the molecule is CCOCCN(CC)C(CN)c1ccc(Cl)cc1Br. The average molecular weight is 350 g/mol. The number of nitrogens with two attached hydrogens (primary N) is 1. The Kier molecular flexibility index (Phi) is 7.95. The molecule has 2 N–H and O–H groups in total. The van der Waals surface area contributed by atoms with Crippen LogP contribution in [-0.2, 0) is 4.74 Å². The highest BCUT2D eigenvalue weighted by molar-refractivity contribution is 9.10. The molecule has 0 fully saturated rings. The van der Waals surface area contributed by atoms with E-state index in [0.29, 0.717) is 6.54 Å². The molecule has 0 amide bonds. The van der Waals surface area contributed by atoms with E-state index in [1.807, 2.05) is 25.1 Å². The van der Waals surface area contributed by atoms with Crippen LogP contribution < -0.4 is 5.73 Å². The second kappa shape index (κ2) is 8.93. The predicted octanol–water partition coefficient (Wildman–Crippen LogP) is 3.46. The lowest BCUT2D eigenvalue weighted by atomic mass is 10.1. The largest absolute Gasteiger partial charge is 0.380 e. The molecule has 1 unspecified atom stereocenters. The first kappa shape index (κ1) is 16.9. The maximum absolute atomic E-state index is 5.99. The van der Waals surface area contributed by atoms with Crippen molar-refractivity contribution in [1.82, 2.24) is 4.90 Å². The van der Waals surface area contributed by atoms with Crippen molar-refractivity contribution in [1.29, 1.82) is 0 Å². The van der Waals surface area contributed by atoms with Gasteiger partial charge in [0.05, 0.1) is 6.61 Å². The van der Waals surface area contributed by atoms with Gasteiger partial charge in [0.1, 0.15) is 0 Å².